The van der Waals surface area contributed by atoms with E-state index < -0.39 is 16.1 Å². The van der Waals surface area contributed by atoms with Crippen LogP contribution in [0.4, 0.5) is 5.69 Å². The van der Waals surface area contributed by atoms with Gasteiger partial charge in [-0.15, -0.1) is 0 Å². The zero-order chi connectivity index (χ0) is 21.7. The Kier molecular flexibility index (Phi) is 7.15. The SMILES string of the molecule is Cc1cccc(N([C@@H](C)C(=O)NCc2cccc(CN3CCCC3)c2)S(C)(=O)=O)c1. The fraction of sp³-hybridized carbons (Fsp3) is 0.435. The number of amides is 1. The van der Waals surface area contributed by atoms with Crippen LogP contribution in [0.1, 0.15) is 36.5 Å². The van der Waals surface area contributed by atoms with Gasteiger partial charge >= 0.3 is 0 Å². The van der Waals surface area contributed by atoms with E-state index in [1.165, 1.54) is 22.7 Å². The molecule has 1 heterocycles. The van der Waals surface area contributed by atoms with Crippen LogP contribution in [0.25, 0.3) is 0 Å². The Morgan fingerprint density at radius 1 is 1.10 bits per heavy atom. The number of hydrogen-bond acceptors (Lipinski definition) is 4. The first kappa shape index (κ1) is 22.3. The lowest BCUT2D eigenvalue weighted by Crippen LogP contribution is -2.47. The van der Waals surface area contributed by atoms with Gasteiger partial charge in [0.15, 0.2) is 0 Å². The molecule has 1 saturated heterocycles. The highest BCUT2D eigenvalue weighted by Gasteiger charge is 2.29. The summed E-state index contributed by atoms with van der Waals surface area (Å²) in [4.78, 5) is 15.2. The van der Waals surface area contributed by atoms with Crippen molar-refractivity contribution in [3.8, 4) is 0 Å². The molecule has 1 N–H and O–H groups in total. The molecule has 2 aromatic rings. The fourth-order valence-electron chi connectivity index (χ4n) is 3.95. The number of benzene rings is 2. The summed E-state index contributed by atoms with van der Waals surface area (Å²) in [5.74, 6) is -0.327. The average Bonchev–Trinajstić information content (AvgIpc) is 3.18. The van der Waals surface area contributed by atoms with Crippen molar-refractivity contribution in [3.63, 3.8) is 0 Å². The van der Waals surface area contributed by atoms with Crippen molar-refractivity contribution in [1.29, 1.82) is 0 Å². The molecular weight excluding hydrogens is 398 g/mol. The van der Waals surface area contributed by atoms with Crippen molar-refractivity contribution in [3.05, 3.63) is 65.2 Å². The van der Waals surface area contributed by atoms with Gasteiger partial charge in [0.2, 0.25) is 15.9 Å². The van der Waals surface area contributed by atoms with Gasteiger partial charge in [-0.25, -0.2) is 8.42 Å². The summed E-state index contributed by atoms with van der Waals surface area (Å²) in [5.41, 5.74) is 3.67. The normalized spacial score (nSPS) is 15.7. The van der Waals surface area contributed by atoms with Crippen molar-refractivity contribution < 1.29 is 13.2 Å². The van der Waals surface area contributed by atoms with Crippen molar-refractivity contribution >= 4 is 21.6 Å². The van der Waals surface area contributed by atoms with Crippen LogP contribution in [0.2, 0.25) is 0 Å². The van der Waals surface area contributed by atoms with Gasteiger partial charge in [0.25, 0.3) is 0 Å². The second kappa shape index (κ2) is 9.62. The van der Waals surface area contributed by atoms with E-state index in [9.17, 15) is 13.2 Å². The van der Waals surface area contributed by atoms with E-state index in [0.717, 1.165) is 37.0 Å². The number of aryl methyl sites for hydroxylation is 1. The molecule has 1 fully saturated rings. The van der Waals surface area contributed by atoms with Crippen LogP contribution in [-0.4, -0.2) is 44.6 Å². The minimum atomic E-state index is -3.62. The lowest BCUT2D eigenvalue weighted by atomic mass is 10.1. The van der Waals surface area contributed by atoms with Crippen LogP contribution >= 0.6 is 0 Å². The number of likely N-dealkylation sites (tertiary alicyclic amines) is 1. The molecule has 1 amide bonds. The summed E-state index contributed by atoms with van der Waals surface area (Å²) in [7, 11) is -3.62. The molecule has 30 heavy (non-hydrogen) atoms. The van der Waals surface area contributed by atoms with Crippen molar-refractivity contribution in [2.75, 3.05) is 23.7 Å². The molecule has 1 aliphatic rings. The van der Waals surface area contributed by atoms with Crippen LogP contribution < -0.4 is 9.62 Å². The van der Waals surface area contributed by atoms with Gasteiger partial charge in [-0.05, 0) is 68.6 Å². The minimum absolute atomic E-state index is 0.327. The van der Waals surface area contributed by atoms with E-state index in [-0.39, 0.29) is 5.91 Å². The molecule has 1 aliphatic heterocycles. The molecule has 7 heteroatoms. The summed E-state index contributed by atoms with van der Waals surface area (Å²) in [5, 5.41) is 2.90. The maximum atomic E-state index is 12.8. The molecule has 3 rings (SSSR count). The third-order valence-electron chi connectivity index (χ3n) is 5.41. The summed E-state index contributed by atoms with van der Waals surface area (Å²) in [6.07, 6.45) is 3.64. The van der Waals surface area contributed by atoms with Crippen molar-refractivity contribution in [2.24, 2.45) is 0 Å². The van der Waals surface area contributed by atoms with E-state index in [2.05, 4.69) is 22.3 Å². The van der Waals surface area contributed by atoms with Crippen LogP contribution in [0.15, 0.2) is 48.5 Å². The number of rotatable bonds is 8. The predicted octanol–water partition coefficient (Wildman–Crippen LogP) is 3.06. The summed E-state index contributed by atoms with van der Waals surface area (Å²) >= 11 is 0. The molecule has 0 saturated carbocycles. The van der Waals surface area contributed by atoms with Gasteiger partial charge in [0.05, 0.1) is 11.9 Å². The molecule has 0 aliphatic carbocycles. The minimum Gasteiger partial charge on any atom is -0.350 e. The van der Waals surface area contributed by atoms with Gasteiger partial charge in [-0.1, -0.05) is 36.4 Å². The lowest BCUT2D eigenvalue weighted by molar-refractivity contribution is -0.122. The number of carbonyl (C=O) groups excluding carboxylic acids is 1. The van der Waals surface area contributed by atoms with Gasteiger partial charge in [-0.2, -0.15) is 0 Å². The molecule has 0 aromatic heterocycles. The number of nitrogens with one attached hydrogen (secondary N) is 1. The van der Waals surface area contributed by atoms with E-state index in [1.807, 2.05) is 25.1 Å². The Morgan fingerprint density at radius 3 is 2.43 bits per heavy atom. The first-order valence-electron chi connectivity index (χ1n) is 10.4. The molecule has 0 bridgehead atoms. The topological polar surface area (TPSA) is 69.7 Å². The second-order valence-electron chi connectivity index (χ2n) is 8.09. The molecular formula is C23H31N3O3S. The summed E-state index contributed by atoms with van der Waals surface area (Å²) < 4.78 is 26.0. The maximum absolute atomic E-state index is 12.8. The lowest BCUT2D eigenvalue weighted by Gasteiger charge is -2.28. The van der Waals surface area contributed by atoms with Crippen LogP contribution in [0, 0.1) is 6.92 Å². The number of nitrogens with zero attached hydrogens (tertiary/aromatic N) is 2. The largest absolute Gasteiger partial charge is 0.350 e. The van der Waals surface area contributed by atoms with E-state index >= 15 is 0 Å². The van der Waals surface area contributed by atoms with Gasteiger partial charge in [-0.3, -0.25) is 14.0 Å². The highest BCUT2D eigenvalue weighted by Crippen LogP contribution is 2.22. The van der Waals surface area contributed by atoms with Gasteiger partial charge in [0, 0.05) is 13.1 Å². The quantitative estimate of drug-likeness (QED) is 0.700. The Morgan fingerprint density at radius 2 is 1.77 bits per heavy atom. The molecule has 1 atom stereocenters. The van der Waals surface area contributed by atoms with E-state index in [0.29, 0.717) is 12.2 Å². The van der Waals surface area contributed by atoms with E-state index in [4.69, 9.17) is 0 Å². The molecule has 0 unspecified atom stereocenters. The van der Waals surface area contributed by atoms with E-state index in [1.54, 1.807) is 25.1 Å². The molecule has 6 nitrogen and oxygen atoms in total. The molecule has 0 spiro atoms. The summed E-state index contributed by atoms with van der Waals surface area (Å²) in [6.45, 7) is 7.07. The second-order valence-corrected chi connectivity index (χ2v) is 9.95. The highest BCUT2D eigenvalue weighted by molar-refractivity contribution is 7.92. The Labute approximate surface area is 179 Å². The molecule has 0 radical (unpaired) electrons. The first-order valence-corrected chi connectivity index (χ1v) is 12.2. The number of carbonyl (C=O) groups is 1. The average molecular weight is 430 g/mol. The number of hydrogen-bond donors (Lipinski definition) is 1. The Balaban J connectivity index is 1.67. The van der Waals surface area contributed by atoms with Crippen molar-refractivity contribution in [2.45, 2.75) is 45.8 Å². The molecule has 162 valence electrons. The van der Waals surface area contributed by atoms with Crippen LogP contribution in [-0.2, 0) is 27.9 Å². The standard InChI is InChI=1S/C23H31N3O3S/c1-18-8-6-11-22(14-18)26(30(3,28)29)19(2)23(27)24-16-20-9-7-10-21(15-20)17-25-12-4-5-13-25/h6-11,14-15,19H,4-5,12-13,16-17H2,1-3H3,(H,24,27)/t19-/m0/s1. The smallest absolute Gasteiger partial charge is 0.243 e. The summed E-state index contributed by atoms with van der Waals surface area (Å²) in [6, 6.07) is 14.5. The monoisotopic (exact) mass is 429 g/mol. The third-order valence-corrected chi connectivity index (χ3v) is 6.65. The fourth-order valence-corrected chi connectivity index (χ4v) is 5.11. The zero-order valence-electron chi connectivity index (χ0n) is 18.0. The zero-order valence-corrected chi connectivity index (χ0v) is 18.8. The molecule has 2 aromatic carbocycles. The maximum Gasteiger partial charge on any atom is 0.243 e. The Bertz CT molecular complexity index is 985. The number of anilines is 1. The van der Waals surface area contributed by atoms with Crippen LogP contribution in [0.5, 0.6) is 0 Å². The predicted molar refractivity (Wildman–Crippen MR) is 121 cm³/mol. The third kappa shape index (κ3) is 5.83. The Hall–Kier alpha value is -2.38. The highest BCUT2D eigenvalue weighted by atomic mass is 32.2. The first-order chi connectivity index (χ1) is 14.2. The van der Waals surface area contributed by atoms with Crippen molar-refractivity contribution in [1.82, 2.24) is 10.2 Å². The van der Waals surface area contributed by atoms with Crippen LogP contribution in [0.3, 0.4) is 0 Å². The van der Waals surface area contributed by atoms with Gasteiger partial charge in [0.1, 0.15) is 6.04 Å². The van der Waals surface area contributed by atoms with Gasteiger partial charge < -0.3 is 5.32 Å². The number of sulfonamides is 1.